The van der Waals surface area contributed by atoms with Crippen molar-refractivity contribution in [2.75, 3.05) is 19.8 Å². The molecule has 13 heavy (non-hydrogen) atoms. The molecule has 0 aliphatic carbocycles. The van der Waals surface area contributed by atoms with Gasteiger partial charge >= 0.3 is 0 Å². The van der Waals surface area contributed by atoms with E-state index in [1.807, 2.05) is 13.8 Å². The van der Waals surface area contributed by atoms with Crippen LogP contribution in [0.2, 0.25) is 0 Å². The molecule has 0 saturated carbocycles. The normalized spacial score (nSPS) is 34.5. The molecule has 1 heterocycles. The van der Waals surface area contributed by atoms with Gasteiger partial charge in [-0.1, -0.05) is 13.5 Å². The molecule has 1 aliphatic heterocycles. The molecular formula is C10H18O3. The number of aliphatic hydroxyl groups excluding tert-OH is 1. The summed E-state index contributed by atoms with van der Waals surface area (Å²) in [5.41, 5.74) is 0.675. The topological polar surface area (TPSA) is 38.7 Å². The zero-order valence-corrected chi connectivity index (χ0v) is 8.38. The van der Waals surface area contributed by atoms with Gasteiger partial charge in [0.15, 0.2) is 6.29 Å². The Balaban J connectivity index is 2.50. The van der Waals surface area contributed by atoms with Crippen molar-refractivity contribution < 1.29 is 14.6 Å². The minimum absolute atomic E-state index is 0.117. The molecule has 76 valence electrons. The van der Waals surface area contributed by atoms with Gasteiger partial charge in [-0.3, -0.25) is 0 Å². The number of aliphatic hydroxyl groups is 1. The van der Waals surface area contributed by atoms with E-state index in [4.69, 9.17) is 9.47 Å². The van der Waals surface area contributed by atoms with Crippen molar-refractivity contribution in [2.45, 2.75) is 26.6 Å². The molecule has 3 nitrogen and oxygen atoms in total. The smallest absolute Gasteiger partial charge is 0.179 e. The van der Waals surface area contributed by atoms with Crippen molar-refractivity contribution in [3.8, 4) is 0 Å². The van der Waals surface area contributed by atoms with E-state index in [-0.39, 0.29) is 18.3 Å². The monoisotopic (exact) mass is 186 g/mol. The Morgan fingerprint density at radius 3 is 2.38 bits per heavy atom. The summed E-state index contributed by atoms with van der Waals surface area (Å²) >= 11 is 0. The molecule has 0 spiro atoms. The van der Waals surface area contributed by atoms with Crippen molar-refractivity contribution >= 4 is 0 Å². The first-order valence-electron chi connectivity index (χ1n) is 4.63. The van der Waals surface area contributed by atoms with Gasteiger partial charge in [-0.2, -0.15) is 0 Å². The zero-order chi connectivity index (χ0) is 9.90. The van der Waals surface area contributed by atoms with Crippen LogP contribution in [0, 0.1) is 5.41 Å². The third kappa shape index (κ3) is 2.30. The largest absolute Gasteiger partial charge is 0.396 e. The summed E-state index contributed by atoms with van der Waals surface area (Å²) in [5.74, 6) is 0. The summed E-state index contributed by atoms with van der Waals surface area (Å²) in [6.07, 6.45) is 0.582. The third-order valence-electron chi connectivity index (χ3n) is 2.57. The van der Waals surface area contributed by atoms with E-state index in [0.717, 1.165) is 12.0 Å². The standard InChI is InChI=1S/C10H18O3/c1-4-10(5-11)6-12-9(8(2)3)13-7-10/h9,11H,2,4-7H2,1,3H3. The van der Waals surface area contributed by atoms with Gasteiger partial charge < -0.3 is 14.6 Å². The van der Waals surface area contributed by atoms with Crippen molar-refractivity contribution in [1.29, 1.82) is 0 Å². The van der Waals surface area contributed by atoms with Crippen molar-refractivity contribution in [3.05, 3.63) is 12.2 Å². The number of hydrogen-bond donors (Lipinski definition) is 1. The first-order valence-corrected chi connectivity index (χ1v) is 4.63. The fourth-order valence-electron chi connectivity index (χ4n) is 1.29. The molecule has 0 aromatic heterocycles. The summed E-state index contributed by atoms with van der Waals surface area (Å²) in [7, 11) is 0. The average Bonchev–Trinajstić information content (AvgIpc) is 2.18. The second-order valence-electron chi connectivity index (χ2n) is 3.81. The van der Waals surface area contributed by atoms with E-state index in [1.165, 1.54) is 0 Å². The SMILES string of the molecule is C=C(C)C1OCC(CC)(CO)CO1. The van der Waals surface area contributed by atoms with Gasteiger partial charge in [0, 0.05) is 5.41 Å². The number of hydrogen-bond acceptors (Lipinski definition) is 3. The molecule has 0 atom stereocenters. The summed E-state index contributed by atoms with van der Waals surface area (Å²) in [5, 5.41) is 9.18. The molecule has 0 aromatic carbocycles. The van der Waals surface area contributed by atoms with Gasteiger partial charge in [0.25, 0.3) is 0 Å². The van der Waals surface area contributed by atoms with Crippen LogP contribution in [0.3, 0.4) is 0 Å². The lowest BCUT2D eigenvalue weighted by Gasteiger charge is -2.38. The highest BCUT2D eigenvalue weighted by Gasteiger charge is 2.35. The van der Waals surface area contributed by atoms with Crippen LogP contribution >= 0.6 is 0 Å². The molecule has 0 amide bonds. The van der Waals surface area contributed by atoms with Crippen LogP contribution in [0.5, 0.6) is 0 Å². The summed E-state index contributed by atoms with van der Waals surface area (Å²) in [6.45, 7) is 8.90. The highest BCUT2D eigenvalue weighted by atomic mass is 16.7. The maximum Gasteiger partial charge on any atom is 0.179 e. The van der Waals surface area contributed by atoms with Crippen LogP contribution in [-0.4, -0.2) is 31.2 Å². The van der Waals surface area contributed by atoms with Crippen molar-refractivity contribution in [2.24, 2.45) is 5.41 Å². The Kier molecular flexibility index (Phi) is 3.47. The van der Waals surface area contributed by atoms with Crippen LogP contribution in [0.25, 0.3) is 0 Å². The maximum atomic E-state index is 9.18. The highest BCUT2D eigenvalue weighted by Crippen LogP contribution is 2.29. The second kappa shape index (κ2) is 4.22. The number of rotatable bonds is 3. The minimum Gasteiger partial charge on any atom is -0.396 e. The third-order valence-corrected chi connectivity index (χ3v) is 2.57. The van der Waals surface area contributed by atoms with Crippen LogP contribution in [-0.2, 0) is 9.47 Å². The van der Waals surface area contributed by atoms with E-state index in [1.54, 1.807) is 0 Å². The van der Waals surface area contributed by atoms with Crippen LogP contribution in [0.15, 0.2) is 12.2 Å². The van der Waals surface area contributed by atoms with Gasteiger partial charge in [-0.05, 0) is 18.9 Å². The van der Waals surface area contributed by atoms with Crippen molar-refractivity contribution in [1.82, 2.24) is 0 Å². The molecule has 0 bridgehead atoms. The molecule has 0 unspecified atom stereocenters. The predicted molar refractivity (Wildman–Crippen MR) is 50.3 cm³/mol. The summed E-state index contributed by atoms with van der Waals surface area (Å²) in [4.78, 5) is 0. The van der Waals surface area contributed by atoms with Crippen LogP contribution in [0.1, 0.15) is 20.3 Å². The Hall–Kier alpha value is -0.380. The van der Waals surface area contributed by atoms with Crippen LogP contribution < -0.4 is 0 Å². The van der Waals surface area contributed by atoms with E-state index in [2.05, 4.69) is 6.58 Å². The van der Waals surface area contributed by atoms with Gasteiger partial charge in [0.05, 0.1) is 19.8 Å². The molecule has 0 radical (unpaired) electrons. The van der Waals surface area contributed by atoms with E-state index < -0.39 is 0 Å². The quantitative estimate of drug-likeness (QED) is 0.676. The lowest BCUT2D eigenvalue weighted by Crippen LogP contribution is -2.44. The van der Waals surface area contributed by atoms with Gasteiger partial charge in [-0.15, -0.1) is 0 Å². The molecule has 1 rings (SSSR count). The lowest BCUT2D eigenvalue weighted by atomic mass is 9.87. The number of ether oxygens (including phenoxy) is 2. The van der Waals surface area contributed by atoms with Crippen LogP contribution in [0.4, 0.5) is 0 Å². The molecule has 1 saturated heterocycles. The Labute approximate surface area is 79.3 Å². The first kappa shape index (κ1) is 10.7. The summed E-state index contributed by atoms with van der Waals surface area (Å²) < 4.78 is 10.9. The van der Waals surface area contributed by atoms with Crippen molar-refractivity contribution in [3.63, 3.8) is 0 Å². The summed E-state index contributed by atoms with van der Waals surface area (Å²) in [6, 6.07) is 0. The van der Waals surface area contributed by atoms with E-state index >= 15 is 0 Å². The Morgan fingerprint density at radius 2 is 2.08 bits per heavy atom. The molecule has 1 fully saturated rings. The molecule has 1 aliphatic rings. The van der Waals surface area contributed by atoms with E-state index in [0.29, 0.717) is 13.2 Å². The fourth-order valence-corrected chi connectivity index (χ4v) is 1.29. The fraction of sp³-hybridized carbons (Fsp3) is 0.800. The van der Waals surface area contributed by atoms with Gasteiger partial charge in [0.2, 0.25) is 0 Å². The molecular weight excluding hydrogens is 168 g/mol. The molecule has 3 heteroatoms. The molecule has 1 N–H and O–H groups in total. The zero-order valence-electron chi connectivity index (χ0n) is 8.38. The van der Waals surface area contributed by atoms with E-state index in [9.17, 15) is 5.11 Å². The second-order valence-corrected chi connectivity index (χ2v) is 3.81. The maximum absolute atomic E-state index is 9.18. The minimum atomic E-state index is -0.286. The Morgan fingerprint density at radius 1 is 1.54 bits per heavy atom. The Bertz CT molecular complexity index is 175. The predicted octanol–water partition coefficient (Wildman–Crippen LogP) is 1.32. The molecule has 0 aromatic rings. The van der Waals surface area contributed by atoms with Gasteiger partial charge in [0.1, 0.15) is 0 Å². The lowest BCUT2D eigenvalue weighted by molar-refractivity contribution is -0.220. The highest BCUT2D eigenvalue weighted by molar-refractivity contribution is 4.95. The average molecular weight is 186 g/mol. The first-order chi connectivity index (χ1) is 6.13. The van der Waals surface area contributed by atoms with Gasteiger partial charge in [-0.25, -0.2) is 0 Å².